The van der Waals surface area contributed by atoms with Gasteiger partial charge in [0, 0.05) is 19.3 Å². The lowest BCUT2D eigenvalue weighted by molar-refractivity contribution is 0.0684. The van der Waals surface area contributed by atoms with Crippen molar-refractivity contribution in [1.29, 1.82) is 0 Å². The number of sulfone groups is 6. The van der Waals surface area contributed by atoms with Crippen LogP contribution in [0.4, 0.5) is 0 Å². The van der Waals surface area contributed by atoms with Crippen LogP contribution in [-0.4, -0.2) is 180 Å². The molecule has 0 aliphatic carbocycles. The van der Waals surface area contributed by atoms with Gasteiger partial charge in [-0.05, 0) is 197 Å². The average Bonchev–Trinajstić information content (AvgIpc) is 0.803. The summed E-state index contributed by atoms with van der Waals surface area (Å²) in [4.78, 5) is 86.8. The molecular weight excluding hydrogens is 2060 g/mol. The fourth-order valence-electron chi connectivity index (χ4n) is 12.5. The summed E-state index contributed by atoms with van der Waals surface area (Å²) in [5.74, 6) is -9.21. The van der Waals surface area contributed by atoms with E-state index in [2.05, 4.69) is 9.44 Å². The Morgan fingerprint density at radius 3 is 0.769 bits per heavy atom. The van der Waals surface area contributed by atoms with E-state index in [4.69, 9.17) is 40.9 Å². The van der Waals surface area contributed by atoms with Crippen molar-refractivity contribution < 1.29 is 147 Å². The highest BCUT2D eigenvalue weighted by Gasteiger charge is 2.23. The molecule has 784 valence electrons. The zero-order chi connectivity index (χ0) is 107. The molecule has 13 rings (SSSR count). The molecule has 0 aromatic heterocycles. The molecule has 34 nitrogen and oxygen atoms in total. The third-order valence-corrected chi connectivity index (χ3v) is 30.0. The van der Waals surface area contributed by atoms with Gasteiger partial charge in [0.15, 0.2) is 59.0 Å². The van der Waals surface area contributed by atoms with Crippen LogP contribution in [0, 0.1) is 13.8 Å². The number of hydrogen-bond donors (Lipinski definition) is 10. The Kier molecular flexibility index (Phi) is 50.6. The molecule has 0 saturated heterocycles. The van der Waals surface area contributed by atoms with Gasteiger partial charge in [-0.3, -0.25) is 0 Å². The van der Waals surface area contributed by atoms with Crippen LogP contribution in [0.15, 0.2) is 348 Å². The summed E-state index contributed by atoms with van der Waals surface area (Å²) in [5, 5.41) is 70.5. The van der Waals surface area contributed by atoms with Gasteiger partial charge >= 0.3 is 47.8 Å². The quantitative estimate of drug-likeness (QED) is 0.0179. The van der Waals surface area contributed by atoms with Crippen molar-refractivity contribution in [2.24, 2.45) is 0 Å². The van der Waals surface area contributed by atoms with Crippen molar-refractivity contribution in [3.63, 3.8) is 0 Å². The first-order chi connectivity index (χ1) is 67.4. The number of carboxylic acids is 8. The van der Waals surface area contributed by atoms with Crippen LogP contribution in [-0.2, 0) is 139 Å². The number of carbonyl (C=O) groups is 8. The predicted octanol–water partition coefficient (Wildman–Crippen LogP) is 16.4. The lowest BCUT2D eigenvalue weighted by Crippen LogP contribution is -2.22. The molecule has 0 heterocycles. The molecule has 0 fully saturated rings. The molecule has 13 aromatic rings. The third-order valence-electron chi connectivity index (χ3n) is 19.6. The molecule has 147 heavy (non-hydrogen) atoms. The highest BCUT2D eigenvalue weighted by atomic mass is 32.2. The number of nitrogens with one attached hydrogen (secondary N) is 2. The SMILES string of the molecule is C.C.C.CS(=O)(=O)Cc1cccc(C(=O)O)c1.CS(=O)(=O)NCc1ccccc1C(=O)O.CS(=O)(=O)NCc1ccccc1C(=O)O.Cc1ccc(S(=O)(=O)Cc2ccc(C(=O)O)cc2)cc1.Cc1ccc(S(=O)(=O)Cc2cccc(C(=O)O)c2)cc1.O=C(O)c1ccc(CS(=O)(=O)CCc2ccccc2)cc1.O=C(O)c1ccc(CS(=O)(=O)Cc2ccccc2)cc1.O=C(O)c1cccc(CS(=O)(=O)c2ccccc2)c1. The maximum absolute atomic E-state index is 12.2. The van der Waals surface area contributed by atoms with E-state index in [1.807, 2.05) is 50.2 Å². The number of carboxylic acid groups (broad SMARTS) is 8. The average molecular weight is 2170 g/mol. The van der Waals surface area contributed by atoms with Crippen LogP contribution in [0.3, 0.4) is 0 Å². The number of benzene rings is 13. The van der Waals surface area contributed by atoms with Gasteiger partial charge in [-0.25, -0.2) is 115 Å². The Bertz CT molecular complexity index is 7530. The zero-order valence-corrected chi connectivity index (χ0v) is 84.2. The van der Waals surface area contributed by atoms with Crippen LogP contribution in [0.25, 0.3) is 0 Å². The first-order valence-corrected chi connectivity index (χ1v) is 56.8. The summed E-state index contributed by atoms with van der Waals surface area (Å²) in [5.41, 5.74) is 8.69. The van der Waals surface area contributed by atoms with E-state index in [-0.39, 0.29) is 141 Å². The maximum atomic E-state index is 12.2. The van der Waals surface area contributed by atoms with Gasteiger partial charge in [0.05, 0.1) is 118 Å². The Balaban J connectivity index is 0.000000432. The van der Waals surface area contributed by atoms with Crippen LogP contribution in [0.1, 0.15) is 172 Å². The maximum Gasteiger partial charge on any atom is 0.336 e. The Morgan fingerprint density at radius 2 is 0.476 bits per heavy atom. The van der Waals surface area contributed by atoms with Gasteiger partial charge in [0.1, 0.15) is 0 Å². The van der Waals surface area contributed by atoms with E-state index in [0.717, 1.165) is 41.0 Å². The molecular formula is C105H114N2O32S8. The summed E-state index contributed by atoms with van der Waals surface area (Å²) in [6.45, 7) is 3.75. The van der Waals surface area contributed by atoms with Crippen molar-refractivity contribution in [3.8, 4) is 0 Å². The molecule has 13 aromatic carbocycles. The molecule has 0 bridgehead atoms. The minimum atomic E-state index is -3.47. The van der Waals surface area contributed by atoms with Gasteiger partial charge < -0.3 is 40.9 Å². The van der Waals surface area contributed by atoms with Gasteiger partial charge in [0.2, 0.25) is 20.0 Å². The van der Waals surface area contributed by atoms with Crippen molar-refractivity contribution >= 4 is 127 Å². The summed E-state index contributed by atoms with van der Waals surface area (Å²) in [6.07, 6.45) is 3.64. The second-order valence-corrected chi connectivity index (χ2v) is 47.8. The minimum Gasteiger partial charge on any atom is -0.478 e. The Hall–Kier alpha value is -14.9. The fraction of sp³-hybridized carbons (Fsp3) is 0.181. The van der Waals surface area contributed by atoms with E-state index < -0.39 is 127 Å². The van der Waals surface area contributed by atoms with E-state index in [1.165, 1.54) is 127 Å². The predicted molar refractivity (Wildman–Crippen MR) is 561 cm³/mol. The zero-order valence-electron chi connectivity index (χ0n) is 77.7. The molecule has 0 spiro atoms. The number of sulfonamides is 2. The molecule has 0 radical (unpaired) electrons. The largest absolute Gasteiger partial charge is 0.478 e. The summed E-state index contributed by atoms with van der Waals surface area (Å²) in [6, 6.07) is 87.8. The van der Waals surface area contributed by atoms with E-state index >= 15 is 0 Å². The fourth-order valence-corrected chi connectivity index (χ4v) is 21.1. The molecule has 0 aliphatic heterocycles. The second kappa shape index (κ2) is 58.9. The number of aromatic carboxylic acids is 8. The van der Waals surface area contributed by atoms with Gasteiger partial charge in [-0.1, -0.05) is 246 Å². The van der Waals surface area contributed by atoms with E-state index in [9.17, 15) is 106 Å². The first-order valence-electron chi connectivity index (χ1n) is 42.3. The van der Waals surface area contributed by atoms with Crippen molar-refractivity contribution in [2.45, 2.75) is 111 Å². The standard InChI is InChI=1S/C16H16O4S.3C15H14O4S.C14H12O4S.2C9H11NO4S.C9H10O4S.3CH4/c17-16(18)15-8-6-14(7-9-15)12-21(19,20)11-10-13-4-2-1-3-5-13;1-11-2-8-14(9-3-11)20(18,19)10-12-4-6-13(7-5-12)15(16)17;1-11-5-7-14(8-6-11)20(18,19)10-12-3-2-4-13(9-12)15(16)17;16-15(17)14-8-6-13(7-9-14)11-20(18,19)10-12-4-2-1-3-5-12;15-14(16)12-6-4-5-11(9-12)10-19(17,18)13-7-2-1-3-8-13;2*1-15(13,14)10-6-7-4-2-3-5-8(7)9(11)12;1-14(12,13)6-7-3-2-4-8(5-7)9(10)11;;;/h1-9H,10-12H2,(H,17,18);2*2-9H,10H2,1H3,(H,16,17);1-9H,10-11H2,(H,16,17);1-9H,10H2,(H,15,16);2*2-5,10H,6H2,1H3,(H,11,12);2-5H,6H2,1H3,(H,10,11);3*1H4. The highest BCUT2D eigenvalue weighted by Crippen LogP contribution is 2.24. The molecule has 0 saturated carbocycles. The Labute approximate surface area is 856 Å². The summed E-state index contributed by atoms with van der Waals surface area (Å²) < 4.78 is 191. The molecule has 42 heteroatoms. The normalized spacial score (nSPS) is 11.0. The molecule has 10 N–H and O–H groups in total. The number of hydrogen-bond acceptors (Lipinski definition) is 24. The number of rotatable bonds is 34. The summed E-state index contributed by atoms with van der Waals surface area (Å²) in [7, 11) is -26.5. The van der Waals surface area contributed by atoms with Crippen molar-refractivity contribution in [1.82, 2.24) is 9.44 Å². The minimum absolute atomic E-state index is 0. The molecule has 0 atom stereocenters. The molecule has 0 unspecified atom stereocenters. The van der Waals surface area contributed by atoms with Gasteiger partial charge in [0.25, 0.3) is 0 Å². The van der Waals surface area contributed by atoms with Gasteiger partial charge in [-0.15, -0.1) is 0 Å². The lowest BCUT2D eigenvalue weighted by Gasteiger charge is -2.06. The summed E-state index contributed by atoms with van der Waals surface area (Å²) >= 11 is 0. The number of aryl methyl sites for hydroxylation is 3. The second-order valence-electron chi connectivity index (χ2n) is 31.8. The molecule has 0 aliphatic rings. The first kappa shape index (κ1) is 126. The van der Waals surface area contributed by atoms with Crippen molar-refractivity contribution in [2.75, 3.05) is 24.5 Å². The highest BCUT2D eigenvalue weighted by molar-refractivity contribution is 7.92. The van der Waals surface area contributed by atoms with Crippen LogP contribution >= 0.6 is 0 Å². The van der Waals surface area contributed by atoms with Crippen molar-refractivity contribution in [3.05, 3.63) is 445 Å². The van der Waals surface area contributed by atoms with Crippen LogP contribution in [0.5, 0.6) is 0 Å². The topological polar surface area (TPSA) is 596 Å². The van der Waals surface area contributed by atoms with E-state index in [0.29, 0.717) is 50.9 Å². The molecule has 0 amide bonds. The third kappa shape index (κ3) is 47.7. The monoisotopic (exact) mass is 2170 g/mol. The van der Waals surface area contributed by atoms with Crippen LogP contribution in [0.2, 0.25) is 0 Å². The van der Waals surface area contributed by atoms with E-state index in [1.54, 1.807) is 170 Å². The lowest BCUT2D eigenvalue weighted by atomic mass is 10.1. The smallest absolute Gasteiger partial charge is 0.336 e. The Morgan fingerprint density at radius 1 is 0.231 bits per heavy atom. The van der Waals surface area contributed by atoms with Crippen LogP contribution < -0.4 is 9.44 Å². The van der Waals surface area contributed by atoms with Gasteiger partial charge in [-0.2, -0.15) is 0 Å².